The smallest absolute Gasteiger partial charge is 0.267 e. The summed E-state index contributed by atoms with van der Waals surface area (Å²) in [5.74, 6) is -0.130. The second-order valence-corrected chi connectivity index (χ2v) is 9.17. The minimum absolute atomic E-state index is 0.145. The molecule has 4 rings (SSSR count). The van der Waals surface area contributed by atoms with E-state index in [-0.39, 0.29) is 11.4 Å². The first-order chi connectivity index (χ1) is 14.4. The number of anilines is 2. The largest absolute Gasteiger partial charge is 0.476 e. The topological polar surface area (TPSA) is 75.7 Å². The molecule has 0 saturated heterocycles. The molecule has 1 N–H and O–H groups in total. The summed E-state index contributed by atoms with van der Waals surface area (Å²) < 4.78 is 33.7. The first-order valence-electron chi connectivity index (χ1n) is 9.27. The first kappa shape index (κ1) is 20.3. The number of halogens is 1. The summed E-state index contributed by atoms with van der Waals surface area (Å²) in [6, 6.07) is 20.0. The van der Waals surface area contributed by atoms with Crippen molar-refractivity contribution < 1.29 is 17.9 Å². The number of carbonyl (C=O) groups is 1. The lowest BCUT2D eigenvalue weighted by Crippen LogP contribution is -2.48. The fourth-order valence-corrected chi connectivity index (χ4v) is 4.90. The number of ether oxygens (including phenoxy) is 1. The number of nitrogens with zero attached hydrogens (tertiary/aromatic N) is 1. The Morgan fingerprint density at radius 2 is 1.77 bits per heavy atom. The quantitative estimate of drug-likeness (QED) is 0.655. The van der Waals surface area contributed by atoms with E-state index in [9.17, 15) is 13.2 Å². The van der Waals surface area contributed by atoms with Crippen LogP contribution in [0.5, 0.6) is 5.75 Å². The molecule has 6 nitrogen and oxygen atoms in total. The number of sulfonamides is 1. The highest BCUT2D eigenvalue weighted by atomic mass is 35.5. The van der Waals surface area contributed by atoms with Gasteiger partial charge in [-0.3, -0.25) is 9.10 Å². The lowest BCUT2D eigenvalue weighted by atomic mass is 10.1. The van der Waals surface area contributed by atoms with Crippen LogP contribution < -0.4 is 14.4 Å². The van der Waals surface area contributed by atoms with E-state index in [1.165, 1.54) is 16.4 Å². The van der Waals surface area contributed by atoms with Crippen molar-refractivity contribution in [2.45, 2.75) is 17.9 Å². The van der Waals surface area contributed by atoms with Gasteiger partial charge in [-0.05, 0) is 48.9 Å². The molecule has 0 radical (unpaired) electrons. The average molecular weight is 443 g/mol. The molecule has 0 unspecified atom stereocenters. The summed E-state index contributed by atoms with van der Waals surface area (Å²) in [4.78, 5) is 13.1. The maximum atomic E-state index is 13.3. The molecule has 154 valence electrons. The van der Waals surface area contributed by atoms with Crippen LogP contribution in [0.15, 0.2) is 77.7 Å². The van der Waals surface area contributed by atoms with E-state index in [0.717, 1.165) is 5.56 Å². The van der Waals surface area contributed by atoms with Crippen molar-refractivity contribution in [3.05, 3.63) is 83.4 Å². The maximum Gasteiger partial charge on any atom is 0.267 e. The third-order valence-corrected chi connectivity index (χ3v) is 6.84. The number of benzene rings is 3. The molecule has 0 bridgehead atoms. The zero-order valence-corrected chi connectivity index (χ0v) is 17.7. The predicted octanol–water partition coefficient (Wildman–Crippen LogP) is 4.24. The number of rotatable bonds is 4. The molecule has 3 aromatic carbocycles. The van der Waals surface area contributed by atoms with E-state index < -0.39 is 22.0 Å². The van der Waals surface area contributed by atoms with Gasteiger partial charge in [-0.1, -0.05) is 48.0 Å². The Morgan fingerprint density at radius 3 is 2.53 bits per heavy atom. The number of amides is 1. The second kappa shape index (κ2) is 8.01. The number of hydrogen-bond donors (Lipinski definition) is 1. The van der Waals surface area contributed by atoms with Crippen LogP contribution in [0, 0.1) is 6.92 Å². The molecule has 0 saturated carbocycles. The maximum absolute atomic E-state index is 13.3. The van der Waals surface area contributed by atoms with Crippen molar-refractivity contribution in [3.63, 3.8) is 0 Å². The average Bonchev–Trinajstić information content (AvgIpc) is 2.76. The molecule has 0 aromatic heterocycles. The van der Waals surface area contributed by atoms with Crippen molar-refractivity contribution in [2.75, 3.05) is 16.2 Å². The normalized spacial score (nSPS) is 15.8. The fourth-order valence-electron chi connectivity index (χ4n) is 3.23. The van der Waals surface area contributed by atoms with Crippen molar-refractivity contribution in [3.8, 4) is 5.75 Å². The summed E-state index contributed by atoms with van der Waals surface area (Å²) in [6.07, 6.45) is -1.03. The molecule has 8 heteroatoms. The molecule has 1 aliphatic heterocycles. The van der Waals surface area contributed by atoms with Crippen molar-refractivity contribution in [1.29, 1.82) is 0 Å². The number of nitrogens with one attached hydrogen (secondary N) is 1. The Balaban J connectivity index is 1.68. The zero-order valence-electron chi connectivity index (χ0n) is 16.1. The molecular formula is C22H19ClN2O4S. The molecule has 3 aromatic rings. The van der Waals surface area contributed by atoms with E-state index in [4.69, 9.17) is 16.3 Å². The standard InChI is InChI=1S/C22H19ClN2O4S/c1-15-11-12-16(23)13-18(15)24-22(26)21-14-25(19-9-5-6-10-20(19)29-21)30(27,28)17-7-3-2-4-8-17/h2-13,21H,14H2,1H3,(H,24,26)/t21-/m0/s1. The Morgan fingerprint density at radius 1 is 1.07 bits per heavy atom. The Bertz CT molecular complexity index is 1200. The SMILES string of the molecule is Cc1ccc(Cl)cc1NC(=O)[C@@H]1CN(S(=O)(=O)c2ccccc2)c2ccccc2O1. The van der Waals surface area contributed by atoms with Gasteiger partial charge in [0.05, 0.1) is 17.1 Å². The Labute approximate surface area is 180 Å². The Kier molecular flexibility index (Phi) is 5.40. The van der Waals surface area contributed by atoms with E-state index in [1.807, 2.05) is 6.92 Å². The number of carbonyl (C=O) groups excluding carboxylic acids is 1. The molecular weight excluding hydrogens is 424 g/mol. The van der Waals surface area contributed by atoms with Crippen LogP contribution in [0.1, 0.15) is 5.56 Å². The molecule has 1 aliphatic rings. The number of para-hydroxylation sites is 2. The van der Waals surface area contributed by atoms with Gasteiger partial charge in [0, 0.05) is 10.7 Å². The van der Waals surface area contributed by atoms with Gasteiger partial charge in [0.25, 0.3) is 15.9 Å². The Hall–Kier alpha value is -3.03. The molecule has 0 aliphatic carbocycles. The molecule has 1 amide bonds. The van der Waals surface area contributed by atoms with Crippen LogP contribution in [0.2, 0.25) is 5.02 Å². The summed E-state index contributed by atoms with van der Waals surface area (Å²) >= 11 is 6.03. The van der Waals surface area contributed by atoms with Crippen LogP contribution in [-0.4, -0.2) is 27.0 Å². The van der Waals surface area contributed by atoms with E-state index >= 15 is 0 Å². The summed E-state index contributed by atoms with van der Waals surface area (Å²) in [7, 11) is -3.88. The van der Waals surface area contributed by atoms with Gasteiger partial charge in [-0.15, -0.1) is 0 Å². The van der Waals surface area contributed by atoms with Gasteiger partial charge in [0.1, 0.15) is 5.75 Å². The second-order valence-electron chi connectivity index (χ2n) is 6.87. The first-order valence-corrected chi connectivity index (χ1v) is 11.1. The van der Waals surface area contributed by atoms with Gasteiger partial charge in [-0.25, -0.2) is 8.42 Å². The van der Waals surface area contributed by atoms with Crippen LogP contribution in [0.4, 0.5) is 11.4 Å². The lowest BCUT2D eigenvalue weighted by molar-refractivity contribution is -0.122. The lowest BCUT2D eigenvalue weighted by Gasteiger charge is -2.34. The van der Waals surface area contributed by atoms with Gasteiger partial charge >= 0.3 is 0 Å². The van der Waals surface area contributed by atoms with Crippen LogP contribution in [0.25, 0.3) is 0 Å². The highest BCUT2D eigenvalue weighted by molar-refractivity contribution is 7.92. The van der Waals surface area contributed by atoms with E-state index in [0.29, 0.717) is 22.1 Å². The van der Waals surface area contributed by atoms with Gasteiger partial charge in [-0.2, -0.15) is 0 Å². The number of hydrogen-bond acceptors (Lipinski definition) is 4. The van der Waals surface area contributed by atoms with Crippen LogP contribution in [0.3, 0.4) is 0 Å². The molecule has 30 heavy (non-hydrogen) atoms. The molecule has 0 spiro atoms. The molecule has 1 atom stereocenters. The number of aryl methyl sites for hydroxylation is 1. The van der Waals surface area contributed by atoms with Gasteiger partial charge in [0.15, 0.2) is 6.10 Å². The monoisotopic (exact) mass is 442 g/mol. The fraction of sp³-hybridized carbons (Fsp3) is 0.136. The summed E-state index contributed by atoms with van der Waals surface area (Å²) in [5, 5.41) is 3.28. The zero-order chi connectivity index (χ0) is 21.3. The third-order valence-electron chi connectivity index (χ3n) is 4.82. The highest BCUT2D eigenvalue weighted by Gasteiger charge is 2.37. The van der Waals surface area contributed by atoms with Gasteiger partial charge in [0.2, 0.25) is 0 Å². The third kappa shape index (κ3) is 3.86. The minimum Gasteiger partial charge on any atom is -0.476 e. The summed E-state index contributed by atoms with van der Waals surface area (Å²) in [6.45, 7) is 1.69. The van der Waals surface area contributed by atoms with E-state index in [2.05, 4.69) is 5.32 Å². The number of fused-ring (bicyclic) bond motifs is 1. The predicted molar refractivity (Wildman–Crippen MR) is 117 cm³/mol. The van der Waals surface area contributed by atoms with Crippen LogP contribution in [-0.2, 0) is 14.8 Å². The minimum atomic E-state index is -3.88. The van der Waals surface area contributed by atoms with Crippen LogP contribution >= 0.6 is 11.6 Å². The highest BCUT2D eigenvalue weighted by Crippen LogP contribution is 2.37. The van der Waals surface area contributed by atoms with Crippen molar-refractivity contribution in [1.82, 2.24) is 0 Å². The van der Waals surface area contributed by atoms with E-state index in [1.54, 1.807) is 60.7 Å². The molecule has 0 fully saturated rings. The van der Waals surface area contributed by atoms with Crippen molar-refractivity contribution in [2.24, 2.45) is 0 Å². The summed E-state index contributed by atoms with van der Waals surface area (Å²) in [5.41, 5.74) is 1.77. The van der Waals surface area contributed by atoms with Gasteiger partial charge < -0.3 is 10.1 Å². The van der Waals surface area contributed by atoms with Crippen molar-refractivity contribution >= 4 is 38.9 Å². The molecule has 1 heterocycles.